The minimum Gasteiger partial charge on any atom is -0.481 e. The molecule has 1 fully saturated rings. The molecule has 19 heavy (non-hydrogen) atoms. The first-order valence-corrected chi connectivity index (χ1v) is 6.46. The van der Waals surface area contributed by atoms with Gasteiger partial charge in [-0.25, -0.2) is 4.98 Å². The Kier molecular flexibility index (Phi) is 3.70. The van der Waals surface area contributed by atoms with Gasteiger partial charge in [-0.15, -0.1) is 0 Å². The minimum atomic E-state index is -0.712. The van der Waals surface area contributed by atoms with Crippen LogP contribution in [-0.4, -0.2) is 29.1 Å². The summed E-state index contributed by atoms with van der Waals surface area (Å²) in [7, 11) is 0. The molecule has 1 aliphatic heterocycles. The maximum Gasteiger partial charge on any atom is 0.309 e. The number of piperidine rings is 1. The van der Waals surface area contributed by atoms with Crippen molar-refractivity contribution in [1.82, 2.24) is 4.98 Å². The normalized spacial score (nSPS) is 17.8. The lowest BCUT2D eigenvalue weighted by atomic mass is 9.76. The second-order valence-electron chi connectivity index (χ2n) is 4.91. The fraction of sp³-hybridized carbons (Fsp3) is 0.500. The van der Waals surface area contributed by atoms with Crippen molar-refractivity contribution in [1.29, 1.82) is 5.26 Å². The first-order chi connectivity index (χ1) is 9.13. The number of carboxylic acids is 1. The number of aromatic nitrogens is 1. The molecule has 0 spiro atoms. The maximum atomic E-state index is 11.4. The number of carboxylic acid groups (broad SMARTS) is 1. The van der Waals surface area contributed by atoms with Crippen molar-refractivity contribution in [2.75, 3.05) is 18.0 Å². The monoisotopic (exact) mass is 259 g/mol. The molecule has 0 unspecified atom stereocenters. The van der Waals surface area contributed by atoms with Gasteiger partial charge < -0.3 is 10.0 Å². The predicted octanol–water partition coefficient (Wildman–Crippen LogP) is 2.03. The Morgan fingerprint density at radius 2 is 2.26 bits per heavy atom. The molecule has 1 saturated heterocycles. The summed E-state index contributed by atoms with van der Waals surface area (Å²) in [6.45, 7) is 3.18. The average Bonchev–Trinajstić information content (AvgIpc) is 2.47. The van der Waals surface area contributed by atoms with Crippen molar-refractivity contribution >= 4 is 11.8 Å². The van der Waals surface area contributed by atoms with Crippen LogP contribution in [0.1, 0.15) is 31.7 Å². The molecule has 0 saturated carbocycles. The molecule has 0 aromatic carbocycles. The van der Waals surface area contributed by atoms with Crippen molar-refractivity contribution in [2.24, 2.45) is 5.41 Å². The van der Waals surface area contributed by atoms with E-state index >= 15 is 0 Å². The first-order valence-electron chi connectivity index (χ1n) is 6.46. The first kappa shape index (κ1) is 13.3. The van der Waals surface area contributed by atoms with Gasteiger partial charge in [0, 0.05) is 19.3 Å². The number of nitriles is 1. The van der Waals surface area contributed by atoms with Crippen molar-refractivity contribution in [2.45, 2.75) is 26.2 Å². The van der Waals surface area contributed by atoms with Gasteiger partial charge in [0.15, 0.2) is 0 Å². The standard InChI is InChI=1S/C14H17N3O2/c1-2-14(13(18)19)5-8-17(9-6-14)12-11(10-15)4-3-7-16-12/h3-4,7H,2,5-6,8-9H2,1H3,(H,18,19). The molecule has 5 nitrogen and oxygen atoms in total. The van der Waals surface area contributed by atoms with Gasteiger partial charge in [-0.3, -0.25) is 4.79 Å². The topological polar surface area (TPSA) is 77.2 Å². The molecule has 5 heteroatoms. The molecule has 0 radical (unpaired) electrons. The van der Waals surface area contributed by atoms with Crippen molar-refractivity contribution in [3.63, 3.8) is 0 Å². The molecule has 0 bridgehead atoms. The third-order valence-electron chi connectivity index (χ3n) is 4.06. The Labute approximate surface area is 112 Å². The molecule has 1 aromatic rings. The van der Waals surface area contributed by atoms with Gasteiger partial charge in [-0.2, -0.15) is 5.26 Å². The number of nitrogens with zero attached hydrogens (tertiary/aromatic N) is 3. The third-order valence-corrected chi connectivity index (χ3v) is 4.06. The van der Waals surface area contributed by atoms with Crippen LogP contribution in [0.5, 0.6) is 0 Å². The van der Waals surface area contributed by atoms with E-state index in [4.69, 9.17) is 5.26 Å². The zero-order valence-corrected chi connectivity index (χ0v) is 11.0. The molecule has 1 aliphatic rings. The van der Waals surface area contributed by atoms with E-state index in [-0.39, 0.29) is 0 Å². The van der Waals surface area contributed by atoms with E-state index in [9.17, 15) is 9.90 Å². The quantitative estimate of drug-likeness (QED) is 0.898. The summed E-state index contributed by atoms with van der Waals surface area (Å²) in [5.74, 6) is -0.0451. The van der Waals surface area contributed by atoms with E-state index in [2.05, 4.69) is 11.1 Å². The van der Waals surface area contributed by atoms with Gasteiger partial charge in [0.2, 0.25) is 0 Å². The Hall–Kier alpha value is -2.09. The molecular weight excluding hydrogens is 242 g/mol. The number of pyridine rings is 1. The minimum absolute atomic E-state index is 0.543. The van der Waals surface area contributed by atoms with E-state index in [1.165, 1.54) is 0 Å². The molecule has 1 aromatic heterocycles. The van der Waals surface area contributed by atoms with Gasteiger partial charge in [0.25, 0.3) is 0 Å². The highest BCUT2D eigenvalue weighted by atomic mass is 16.4. The summed E-state index contributed by atoms with van der Waals surface area (Å²) in [6.07, 6.45) is 3.50. The Morgan fingerprint density at radius 3 is 2.79 bits per heavy atom. The molecule has 2 heterocycles. The Bertz CT molecular complexity index is 514. The molecule has 100 valence electrons. The zero-order chi connectivity index (χ0) is 13.9. The summed E-state index contributed by atoms with van der Waals surface area (Å²) in [5.41, 5.74) is -0.0697. The summed E-state index contributed by atoms with van der Waals surface area (Å²) in [6, 6.07) is 5.60. The molecule has 0 atom stereocenters. The van der Waals surface area contributed by atoms with E-state index in [0.29, 0.717) is 43.7 Å². The van der Waals surface area contributed by atoms with Crippen LogP contribution in [0.3, 0.4) is 0 Å². The number of aliphatic carboxylic acids is 1. The molecular formula is C14H17N3O2. The van der Waals surface area contributed by atoms with Gasteiger partial charge in [-0.1, -0.05) is 6.92 Å². The summed E-state index contributed by atoms with van der Waals surface area (Å²) in [4.78, 5) is 17.6. The Morgan fingerprint density at radius 1 is 1.58 bits per heavy atom. The van der Waals surface area contributed by atoms with E-state index < -0.39 is 11.4 Å². The lowest BCUT2D eigenvalue weighted by Gasteiger charge is -2.39. The zero-order valence-electron chi connectivity index (χ0n) is 11.0. The van der Waals surface area contributed by atoms with E-state index in [1.54, 1.807) is 18.3 Å². The second kappa shape index (κ2) is 5.27. The fourth-order valence-electron chi connectivity index (χ4n) is 2.60. The van der Waals surface area contributed by atoms with Crippen LogP contribution < -0.4 is 4.90 Å². The lowest BCUT2D eigenvalue weighted by molar-refractivity contribution is -0.150. The third kappa shape index (κ3) is 2.39. The van der Waals surface area contributed by atoms with Gasteiger partial charge >= 0.3 is 5.97 Å². The average molecular weight is 259 g/mol. The molecule has 2 rings (SSSR count). The molecule has 1 N–H and O–H groups in total. The van der Waals surface area contributed by atoms with Gasteiger partial charge in [-0.05, 0) is 31.4 Å². The van der Waals surface area contributed by atoms with Gasteiger partial charge in [0.1, 0.15) is 11.9 Å². The maximum absolute atomic E-state index is 11.4. The highest BCUT2D eigenvalue weighted by Crippen LogP contribution is 2.36. The van der Waals surface area contributed by atoms with Crippen LogP contribution in [0.2, 0.25) is 0 Å². The number of rotatable bonds is 3. The molecule has 0 amide bonds. The van der Waals surface area contributed by atoms with Crippen molar-refractivity contribution in [3.8, 4) is 6.07 Å². The SMILES string of the molecule is CCC1(C(=O)O)CCN(c2ncccc2C#N)CC1. The number of hydrogen-bond donors (Lipinski definition) is 1. The number of hydrogen-bond acceptors (Lipinski definition) is 4. The van der Waals surface area contributed by atoms with Crippen LogP contribution in [0.25, 0.3) is 0 Å². The van der Waals surface area contributed by atoms with Crippen molar-refractivity contribution < 1.29 is 9.90 Å². The molecule has 0 aliphatic carbocycles. The van der Waals surface area contributed by atoms with Crippen LogP contribution in [0.15, 0.2) is 18.3 Å². The summed E-state index contributed by atoms with van der Waals surface area (Å²) in [5, 5.41) is 18.4. The number of anilines is 1. The smallest absolute Gasteiger partial charge is 0.309 e. The predicted molar refractivity (Wildman–Crippen MR) is 70.8 cm³/mol. The van der Waals surface area contributed by atoms with Crippen LogP contribution in [0.4, 0.5) is 5.82 Å². The highest BCUT2D eigenvalue weighted by molar-refractivity contribution is 5.75. The summed E-state index contributed by atoms with van der Waals surface area (Å²) >= 11 is 0. The Balaban J connectivity index is 2.16. The summed E-state index contributed by atoms with van der Waals surface area (Å²) < 4.78 is 0. The van der Waals surface area contributed by atoms with E-state index in [1.807, 2.05) is 11.8 Å². The lowest BCUT2D eigenvalue weighted by Crippen LogP contribution is -2.44. The second-order valence-corrected chi connectivity index (χ2v) is 4.91. The van der Waals surface area contributed by atoms with Crippen LogP contribution in [0, 0.1) is 16.7 Å². The number of carbonyl (C=O) groups is 1. The van der Waals surface area contributed by atoms with Crippen LogP contribution in [-0.2, 0) is 4.79 Å². The largest absolute Gasteiger partial charge is 0.481 e. The van der Waals surface area contributed by atoms with Gasteiger partial charge in [0.05, 0.1) is 11.0 Å². The van der Waals surface area contributed by atoms with Crippen LogP contribution >= 0.6 is 0 Å². The highest BCUT2D eigenvalue weighted by Gasteiger charge is 2.40. The van der Waals surface area contributed by atoms with Crippen molar-refractivity contribution in [3.05, 3.63) is 23.9 Å². The van der Waals surface area contributed by atoms with E-state index in [0.717, 1.165) is 0 Å². The fourth-order valence-corrected chi connectivity index (χ4v) is 2.60.